The van der Waals surface area contributed by atoms with E-state index in [-0.39, 0.29) is 12.0 Å². The van der Waals surface area contributed by atoms with Crippen LogP contribution < -0.4 is 4.73 Å². The standard InChI is InChI=1S/C9H11BrN2O5/c10-3-1-8(13)9(14)6-5-11(15)4-2-7(6)12(16)17/h2,4-5,8-9,13-14H,1,3H2. The normalized spacial score (nSPS) is 14.3. The molecule has 0 bridgehead atoms. The number of aromatic nitrogens is 1. The van der Waals surface area contributed by atoms with Crippen molar-refractivity contribution in [3.63, 3.8) is 0 Å². The molecule has 0 aliphatic rings. The molecule has 0 fully saturated rings. The van der Waals surface area contributed by atoms with Crippen LogP contribution in [0.1, 0.15) is 18.1 Å². The van der Waals surface area contributed by atoms with E-state index in [2.05, 4.69) is 15.9 Å². The van der Waals surface area contributed by atoms with Crippen LogP contribution in [-0.2, 0) is 0 Å². The number of aliphatic hydroxyl groups excluding tert-OH is 2. The number of rotatable bonds is 5. The highest BCUT2D eigenvalue weighted by Gasteiger charge is 2.28. The zero-order valence-electron chi connectivity index (χ0n) is 8.69. The molecule has 1 rings (SSSR count). The number of halogens is 1. The molecule has 0 aliphatic carbocycles. The fourth-order valence-corrected chi connectivity index (χ4v) is 1.83. The van der Waals surface area contributed by atoms with Crippen LogP contribution in [0.4, 0.5) is 5.69 Å². The third-order valence-electron chi connectivity index (χ3n) is 2.23. The van der Waals surface area contributed by atoms with Gasteiger partial charge >= 0.3 is 0 Å². The number of alkyl halides is 1. The summed E-state index contributed by atoms with van der Waals surface area (Å²) in [5.41, 5.74) is -0.584. The SMILES string of the molecule is O=[N+]([O-])c1cc[n+]([O-])cc1C(O)C(O)CCBr. The minimum atomic E-state index is -1.46. The molecule has 2 atom stereocenters. The van der Waals surface area contributed by atoms with Gasteiger partial charge in [0.1, 0.15) is 11.7 Å². The third-order valence-corrected chi connectivity index (χ3v) is 2.68. The number of nitro groups is 1. The van der Waals surface area contributed by atoms with Crippen LogP contribution in [0, 0.1) is 15.3 Å². The highest BCUT2D eigenvalue weighted by atomic mass is 79.9. The Labute approximate surface area is 105 Å². The van der Waals surface area contributed by atoms with Crippen molar-refractivity contribution in [3.05, 3.63) is 39.3 Å². The van der Waals surface area contributed by atoms with Gasteiger partial charge in [-0.05, 0) is 6.42 Å². The zero-order chi connectivity index (χ0) is 13.0. The fourth-order valence-electron chi connectivity index (χ4n) is 1.36. The molecule has 2 unspecified atom stereocenters. The van der Waals surface area contributed by atoms with Crippen molar-refractivity contribution in [3.8, 4) is 0 Å². The first-order chi connectivity index (χ1) is 7.97. The second-order valence-electron chi connectivity index (χ2n) is 3.39. The van der Waals surface area contributed by atoms with Crippen LogP contribution in [0.3, 0.4) is 0 Å². The Hall–Kier alpha value is -1.25. The summed E-state index contributed by atoms with van der Waals surface area (Å²) in [4.78, 5) is 10.0. The van der Waals surface area contributed by atoms with Crippen LogP contribution >= 0.6 is 15.9 Å². The first kappa shape index (κ1) is 13.8. The molecule has 0 spiro atoms. The van der Waals surface area contributed by atoms with E-state index in [4.69, 9.17) is 0 Å². The van der Waals surface area contributed by atoms with Gasteiger partial charge in [-0.25, -0.2) is 0 Å². The molecule has 0 aliphatic heterocycles. The second-order valence-corrected chi connectivity index (χ2v) is 4.19. The lowest BCUT2D eigenvalue weighted by Crippen LogP contribution is -2.29. The van der Waals surface area contributed by atoms with Gasteiger partial charge in [-0.1, -0.05) is 15.9 Å². The summed E-state index contributed by atoms with van der Waals surface area (Å²) >= 11 is 3.08. The average molecular weight is 307 g/mol. The number of hydrogen-bond donors (Lipinski definition) is 2. The predicted molar refractivity (Wildman–Crippen MR) is 61.4 cm³/mol. The first-order valence-corrected chi connectivity index (χ1v) is 5.88. The highest BCUT2D eigenvalue weighted by Crippen LogP contribution is 2.26. The number of aliphatic hydroxyl groups is 2. The summed E-state index contributed by atoms with van der Waals surface area (Å²) < 4.78 is 0.340. The van der Waals surface area contributed by atoms with Gasteiger partial charge in [-0.2, -0.15) is 4.73 Å². The van der Waals surface area contributed by atoms with Gasteiger partial charge in [0.2, 0.25) is 0 Å². The monoisotopic (exact) mass is 306 g/mol. The summed E-state index contributed by atoms with van der Waals surface area (Å²) in [7, 11) is 0. The summed E-state index contributed by atoms with van der Waals surface area (Å²) in [5.74, 6) is 0. The first-order valence-electron chi connectivity index (χ1n) is 4.76. The lowest BCUT2D eigenvalue weighted by Gasteiger charge is -2.16. The van der Waals surface area contributed by atoms with Crippen molar-refractivity contribution >= 4 is 21.6 Å². The summed E-state index contributed by atoms with van der Waals surface area (Å²) in [6, 6.07) is 0.992. The van der Waals surface area contributed by atoms with Crippen LogP contribution in [-0.4, -0.2) is 26.6 Å². The van der Waals surface area contributed by atoms with Crippen molar-refractivity contribution in [2.45, 2.75) is 18.6 Å². The van der Waals surface area contributed by atoms with Crippen molar-refractivity contribution in [2.75, 3.05) is 5.33 Å². The Morgan fingerprint density at radius 2 is 2.18 bits per heavy atom. The Kier molecular flexibility index (Phi) is 4.79. The minimum Gasteiger partial charge on any atom is -0.619 e. The van der Waals surface area contributed by atoms with Gasteiger partial charge in [-0.3, -0.25) is 10.1 Å². The Balaban J connectivity index is 3.10. The van der Waals surface area contributed by atoms with Crippen molar-refractivity contribution in [2.24, 2.45) is 0 Å². The third kappa shape index (κ3) is 3.35. The molecule has 94 valence electrons. The Bertz CT molecular complexity index is 414. The van der Waals surface area contributed by atoms with E-state index in [1.807, 2.05) is 0 Å². The molecular formula is C9H11BrN2O5. The molecule has 0 aromatic carbocycles. The quantitative estimate of drug-likeness (QED) is 0.269. The summed E-state index contributed by atoms with van der Waals surface area (Å²) in [6.45, 7) is 0. The maximum atomic E-state index is 11.0. The van der Waals surface area contributed by atoms with Gasteiger partial charge in [0.15, 0.2) is 12.4 Å². The molecule has 7 nitrogen and oxygen atoms in total. The van der Waals surface area contributed by atoms with E-state index in [1.165, 1.54) is 0 Å². The molecule has 1 aromatic rings. The number of nitrogens with zero attached hydrogens (tertiary/aromatic N) is 2. The predicted octanol–water partition coefficient (Wildman–Crippen LogP) is 0.407. The maximum Gasteiger partial charge on any atom is 0.287 e. The molecule has 2 N–H and O–H groups in total. The van der Waals surface area contributed by atoms with Gasteiger partial charge in [0.05, 0.1) is 17.1 Å². The van der Waals surface area contributed by atoms with E-state index in [0.29, 0.717) is 10.1 Å². The van der Waals surface area contributed by atoms with E-state index in [1.54, 1.807) is 0 Å². The van der Waals surface area contributed by atoms with E-state index in [0.717, 1.165) is 18.5 Å². The summed E-state index contributed by atoms with van der Waals surface area (Å²) in [6.07, 6.45) is -0.567. The molecule has 17 heavy (non-hydrogen) atoms. The van der Waals surface area contributed by atoms with Crippen molar-refractivity contribution in [1.29, 1.82) is 0 Å². The van der Waals surface area contributed by atoms with Crippen molar-refractivity contribution in [1.82, 2.24) is 0 Å². The second kappa shape index (κ2) is 5.89. The molecular weight excluding hydrogens is 296 g/mol. The maximum absolute atomic E-state index is 11.0. The molecule has 0 radical (unpaired) electrons. The fraction of sp³-hybridized carbons (Fsp3) is 0.444. The van der Waals surface area contributed by atoms with Gasteiger partial charge < -0.3 is 15.4 Å². The topological polar surface area (TPSA) is 111 Å². The summed E-state index contributed by atoms with van der Waals surface area (Å²) in [5, 5.41) is 41.5. The largest absolute Gasteiger partial charge is 0.619 e. The number of pyridine rings is 1. The van der Waals surface area contributed by atoms with Crippen LogP contribution in [0.5, 0.6) is 0 Å². The molecule has 8 heteroatoms. The molecule has 0 amide bonds. The van der Waals surface area contributed by atoms with Gasteiger partial charge in [0.25, 0.3) is 5.69 Å². The van der Waals surface area contributed by atoms with Crippen molar-refractivity contribution < 1.29 is 19.9 Å². The molecule has 1 aromatic heterocycles. The lowest BCUT2D eigenvalue weighted by atomic mass is 10.0. The molecule has 0 saturated carbocycles. The van der Waals surface area contributed by atoms with E-state index in [9.17, 15) is 25.5 Å². The van der Waals surface area contributed by atoms with Crippen LogP contribution in [0.25, 0.3) is 0 Å². The number of hydrogen-bond acceptors (Lipinski definition) is 5. The Morgan fingerprint density at radius 3 is 2.71 bits per heavy atom. The van der Waals surface area contributed by atoms with Crippen LogP contribution in [0.2, 0.25) is 0 Å². The molecule has 0 saturated heterocycles. The molecule has 1 heterocycles. The van der Waals surface area contributed by atoms with Gasteiger partial charge in [-0.15, -0.1) is 0 Å². The van der Waals surface area contributed by atoms with Crippen LogP contribution in [0.15, 0.2) is 18.5 Å². The van der Waals surface area contributed by atoms with E-state index >= 15 is 0 Å². The lowest BCUT2D eigenvalue weighted by molar-refractivity contribution is -0.606. The van der Waals surface area contributed by atoms with Gasteiger partial charge in [0, 0.05) is 5.33 Å². The minimum absolute atomic E-state index is 0.194. The average Bonchev–Trinajstić information content (AvgIpc) is 2.27. The Morgan fingerprint density at radius 1 is 1.53 bits per heavy atom. The van der Waals surface area contributed by atoms with E-state index < -0.39 is 22.8 Å². The smallest absolute Gasteiger partial charge is 0.287 e. The highest BCUT2D eigenvalue weighted by molar-refractivity contribution is 9.09. The zero-order valence-corrected chi connectivity index (χ0v) is 10.3.